The molecule has 4 rings (SSSR count). The van der Waals surface area contributed by atoms with Crippen molar-refractivity contribution >= 4 is 17.5 Å². The van der Waals surface area contributed by atoms with Crippen LogP contribution in [0.1, 0.15) is 30.4 Å². The van der Waals surface area contributed by atoms with Gasteiger partial charge in [-0.15, -0.1) is 0 Å². The highest BCUT2D eigenvalue weighted by Crippen LogP contribution is 2.29. The molecule has 0 aromatic heterocycles. The molecule has 2 aromatic rings. The average molecular weight is 473 g/mol. The molecular formula is C26H33ClN2O4. The second kappa shape index (κ2) is 12.0. The fourth-order valence-electron chi connectivity index (χ4n) is 4.72. The summed E-state index contributed by atoms with van der Waals surface area (Å²) in [6, 6.07) is 18.1. The topological polar surface area (TPSA) is 71.0 Å². The third-order valence-electron chi connectivity index (χ3n) is 6.38. The number of aliphatic hydroxyl groups is 1. The Morgan fingerprint density at radius 3 is 2.64 bits per heavy atom. The molecule has 33 heavy (non-hydrogen) atoms. The molecule has 2 aliphatic rings. The standard InChI is InChI=1S/C26H33ClN2O4/c27-21-8-6-20(7-9-21)15-29-16-22(30)17-32-18-25-24(29)11-10-23(33-25)14-26(31)28-13-12-19-4-2-1-3-5-19/h1-9,22-25,30H,10-18H2,(H,28,31)/t22-,23+,24-,25+/m0/s1. The van der Waals surface area contributed by atoms with Gasteiger partial charge in [0.2, 0.25) is 5.91 Å². The first-order chi connectivity index (χ1) is 16.1. The van der Waals surface area contributed by atoms with Gasteiger partial charge in [-0.05, 0) is 42.5 Å². The van der Waals surface area contributed by atoms with Gasteiger partial charge < -0.3 is 19.9 Å². The van der Waals surface area contributed by atoms with Crippen LogP contribution in [0.3, 0.4) is 0 Å². The third-order valence-corrected chi connectivity index (χ3v) is 6.63. The summed E-state index contributed by atoms with van der Waals surface area (Å²) in [7, 11) is 0. The lowest BCUT2D eigenvalue weighted by Gasteiger charge is -2.44. The van der Waals surface area contributed by atoms with Crippen LogP contribution in [0.25, 0.3) is 0 Å². The van der Waals surface area contributed by atoms with Crippen molar-refractivity contribution in [1.29, 1.82) is 0 Å². The number of amides is 1. The monoisotopic (exact) mass is 472 g/mol. The summed E-state index contributed by atoms with van der Waals surface area (Å²) in [5, 5.41) is 14.1. The summed E-state index contributed by atoms with van der Waals surface area (Å²) in [6.07, 6.45) is 2.10. The molecule has 0 unspecified atom stereocenters. The number of aliphatic hydroxyl groups excluding tert-OH is 1. The average Bonchev–Trinajstić information content (AvgIpc) is 2.80. The van der Waals surface area contributed by atoms with Crippen molar-refractivity contribution in [3.05, 3.63) is 70.7 Å². The maximum absolute atomic E-state index is 12.5. The van der Waals surface area contributed by atoms with Gasteiger partial charge in [-0.1, -0.05) is 54.1 Å². The van der Waals surface area contributed by atoms with Crippen molar-refractivity contribution in [2.45, 2.75) is 56.6 Å². The molecule has 6 nitrogen and oxygen atoms in total. The van der Waals surface area contributed by atoms with Gasteiger partial charge in [0.15, 0.2) is 0 Å². The van der Waals surface area contributed by atoms with Gasteiger partial charge in [-0.3, -0.25) is 9.69 Å². The van der Waals surface area contributed by atoms with E-state index in [1.807, 2.05) is 42.5 Å². The predicted molar refractivity (Wildman–Crippen MR) is 128 cm³/mol. The molecule has 2 fully saturated rings. The Kier molecular flexibility index (Phi) is 8.75. The molecule has 1 amide bonds. The van der Waals surface area contributed by atoms with Crippen LogP contribution in [0, 0.1) is 0 Å². The molecule has 0 spiro atoms. The second-order valence-electron chi connectivity index (χ2n) is 8.98. The molecule has 0 bridgehead atoms. The van der Waals surface area contributed by atoms with Gasteiger partial charge in [0.25, 0.3) is 0 Å². The van der Waals surface area contributed by atoms with Crippen LogP contribution in [-0.2, 0) is 27.2 Å². The van der Waals surface area contributed by atoms with Crippen molar-refractivity contribution in [1.82, 2.24) is 10.2 Å². The van der Waals surface area contributed by atoms with E-state index in [9.17, 15) is 9.90 Å². The van der Waals surface area contributed by atoms with E-state index in [0.717, 1.165) is 24.8 Å². The molecule has 2 aliphatic heterocycles. The zero-order chi connectivity index (χ0) is 23.0. The van der Waals surface area contributed by atoms with Gasteiger partial charge in [0.05, 0.1) is 37.9 Å². The number of nitrogens with zero attached hydrogens (tertiary/aromatic N) is 1. The van der Waals surface area contributed by atoms with Crippen molar-refractivity contribution in [2.24, 2.45) is 0 Å². The van der Waals surface area contributed by atoms with Crippen LogP contribution < -0.4 is 5.32 Å². The Morgan fingerprint density at radius 2 is 1.85 bits per heavy atom. The number of carbonyl (C=O) groups excluding carboxylic acids is 1. The number of nitrogens with one attached hydrogen (secondary N) is 1. The predicted octanol–water partition coefficient (Wildman–Crippen LogP) is 3.20. The number of benzene rings is 2. The summed E-state index contributed by atoms with van der Waals surface area (Å²) < 4.78 is 12.1. The van der Waals surface area contributed by atoms with Crippen LogP contribution in [0.15, 0.2) is 54.6 Å². The molecule has 178 valence electrons. The highest BCUT2D eigenvalue weighted by atomic mass is 35.5. The van der Waals surface area contributed by atoms with Crippen LogP contribution in [0.4, 0.5) is 0 Å². The highest BCUT2D eigenvalue weighted by Gasteiger charge is 2.38. The van der Waals surface area contributed by atoms with Crippen molar-refractivity contribution in [3.63, 3.8) is 0 Å². The van der Waals surface area contributed by atoms with E-state index in [0.29, 0.717) is 37.7 Å². The number of carbonyl (C=O) groups is 1. The van der Waals surface area contributed by atoms with E-state index in [4.69, 9.17) is 21.1 Å². The zero-order valence-corrected chi connectivity index (χ0v) is 19.6. The second-order valence-corrected chi connectivity index (χ2v) is 9.41. The molecule has 2 saturated heterocycles. The lowest BCUT2D eigenvalue weighted by atomic mass is 9.94. The summed E-state index contributed by atoms with van der Waals surface area (Å²) in [5.41, 5.74) is 2.36. The first kappa shape index (κ1) is 24.2. The molecule has 0 radical (unpaired) electrons. The fraction of sp³-hybridized carbons (Fsp3) is 0.500. The summed E-state index contributed by atoms with van der Waals surface area (Å²) in [4.78, 5) is 14.8. The molecule has 7 heteroatoms. The van der Waals surface area contributed by atoms with E-state index in [2.05, 4.69) is 22.3 Å². The largest absolute Gasteiger partial charge is 0.389 e. The SMILES string of the molecule is O=C(C[C@H]1CC[C@H]2[C@@H](COC[C@@H](O)CN2Cc2ccc(Cl)cc2)O1)NCCc1ccccc1. The van der Waals surface area contributed by atoms with Gasteiger partial charge in [-0.2, -0.15) is 0 Å². The quantitative estimate of drug-likeness (QED) is 0.647. The third kappa shape index (κ3) is 7.26. The number of hydrogen-bond donors (Lipinski definition) is 2. The molecule has 2 N–H and O–H groups in total. The smallest absolute Gasteiger partial charge is 0.222 e. The summed E-state index contributed by atoms with van der Waals surface area (Å²) in [5.74, 6) is 0.0228. The minimum absolute atomic E-state index is 0.0228. The number of β-amino-alcohol motifs (C(OH)–C–C–N with tert-alkyl or cyclic N) is 1. The summed E-state index contributed by atoms with van der Waals surface area (Å²) in [6.45, 7) is 2.57. The molecule has 0 aliphatic carbocycles. The van der Waals surface area contributed by atoms with Crippen LogP contribution >= 0.6 is 11.6 Å². The van der Waals surface area contributed by atoms with Crippen molar-refractivity contribution in [3.8, 4) is 0 Å². The molecule has 2 aromatic carbocycles. The number of halogens is 1. The maximum Gasteiger partial charge on any atom is 0.222 e. The molecule has 4 atom stereocenters. The van der Waals surface area contributed by atoms with Crippen LogP contribution in [0.2, 0.25) is 5.02 Å². The number of rotatable bonds is 7. The highest BCUT2D eigenvalue weighted by molar-refractivity contribution is 6.30. The van der Waals surface area contributed by atoms with E-state index < -0.39 is 6.10 Å². The zero-order valence-electron chi connectivity index (χ0n) is 18.9. The van der Waals surface area contributed by atoms with Gasteiger partial charge in [0, 0.05) is 30.7 Å². The van der Waals surface area contributed by atoms with Crippen molar-refractivity contribution < 1.29 is 19.4 Å². The lowest BCUT2D eigenvalue weighted by Crippen LogP contribution is -2.55. The van der Waals surface area contributed by atoms with Crippen LogP contribution in [0.5, 0.6) is 0 Å². The molecular weight excluding hydrogens is 440 g/mol. The van der Waals surface area contributed by atoms with E-state index in [-0.39, 0.29) is 30.8 Å². The Balaban J connectivity index is 1.30. The Hall–Kier alpha value is -1.96. The Morgan fingerprint density at radius 1 is 1.06 bits per heavy atom. The fourth-order valence-corrected chi connectivity index (χ4v) is 4.85. The van der Waals surface area contributed by atoms with Crippen molar-refractivity contribution in [2.75, 3.05) is 26.3 Å². The van der Waals surface area contributed by atoms with Crippen LogP contribution in [-0.4, -0.2) is 66.6 Å². The first-order valence-corrected chi connectivity index (χ1v) is 12.1. The van der Waals surface area contributed by atoms with Gasteiger partial charge in [0.1, 0.15) is 0 Å². The van der Waals surface area contributed by atoms with E-state index >= 15 is 0 Å². The number of fused-ring (bicyclic) bond motifs is 1. The van der Waals surface area contributed by atoms with Gasteiger partial charge >= 0.3 is 0 Å². The Labute approximate surface area is 200 Å². The van der Waals surface area contributed by atoms with E-state index in [1.165, 1.54) is 5.56 Å². The normalized spacial score (nSPS) is 26.1. The maximum atomic E-state index is 12.5. The van der Waals surface area contributed by atoms with E-state index in [1.54, 1.807) is 0 Å². The lowest BCUT2D eigenvalue weighted by molar-refractivity contribution is -0.158. The minimum atomic E-state index is -0.536. The first-order valence-electron chi connectivity index (χ1n) is 11.8. The minimum Gasteiger partial charge on any atom is -0.389 e. The number of hydrogen-bond acceptors (Lipinski definition) is 5. The number of ether oxygens (including phenoxy) is 2. The molecule has 0 saturated carbocycles. The molecule has 2 heterocycles. The Bertz CT molecular complexity index is 880. The summed E-state index contributed by atoms with van der Waals surface area (Å²) >= 11 is 6.03. The van der Waals surface area contributed by atoms with Gasteiger partial charge in [-0.25, -0.2) is 0 Å².